The van der Waals surface area contributed by atoms with Gasteiger partial charge in [0, 0.05) is 13.1 Å². The van der Waals surface area contributed by atoms with Crippen molar-refractivity contribution in [2.24, 2.45) is 0 Å². The molecule has 2 aromatic rings. The minimum Gasteiger partial charge on any atom is -0.492 e. The molecule has 0 aliphatic carbocycles. The van der Waals surface area contributed by atoms with Crippen LogP contribution < -0.4 is 19.5 Å². The van der Waals surface area contributed by atoms with E-state index < -0.39 is 12.1 Å². The first kappa shape index (κ1) is 20.0. The third-order valence-corrected chi connectivity index (χ3v) is 4.03. The van der Waals surface area contributed by atoms with Crippen molar-refractivity contribution in [1.29, 1.82) is 0 Å². The summed E-state index contributed by atoms with van der Waals surface area (Å²) in [6.07, 6.45) is -0.580. The molecule has 0 radical (unpaired) electrons. The van der Waals surface area contributed by atoms with Crippen LogP contribution >= 0.6 is 11.3 Å². The van der Waals surface area contributed by atoms with Crippen molar-refractivity contribution in [2.75, 3.05) is 40.0 Å². The lowest BCUT2D eigenvalue weighted by Gasteiger charge is -2.13. The quantitative estimate of drug-likeness (QED) is 0.428. The number of aliphatic hydroxyl groups is 1. The molecule has 1 aromatic heterocycles. The van der Waals surface area contributed by atoms with Gasteiger partial charge in [0.2, 0.25) is 0 Å². The first-order valence-corrected chi connectivity index (χ1v) is 9.03. The van der Waals surface area contributed by atoms with Crippen LogP contribution in [0.25, 0.3) is 0 Å². The summed E-state index contributed by atoms with van der Waals surface area (Å²) >= 11 is 1.50. The lowest BCUT2D eigenvalue weighted by Crippen LogP contribution is -2.33. The Morgan fingerprint density at radius 2 is 1.88 bits per heavy atom. The van der Waals surface area contributed by atoms with Crippen LogP contribution in [-0.2, 0) is 9.53 Å². The number of hydrogen-bond acceptors (Lipinski definition) is 8. The molecule has 26 heavy (non-hydrogen) atoms. The largest absolute Gasteiger partial charge is 0.492 e. The predicted octanol–water partition coefficient (Wildman–Crippen LogP) is 1.71. The number of thiophene rings is 1. The van der Waals surface area contributed by atoms with Gasteiger partial charge in [0.1, 0.15) is 30.8 Å². The van der Waals surface area contributed by atoms with Crippen LogP contribution in [0.4, 0.5) is 0 Å². The van der Waals surface area contributed by atoms with Crippen LogP contribution in [0, 0.1) is 0 Å². The number of rotatable bonds is 12. The second-order valence-electron chi connectivity index (χ2n) is 5.29. The standard InChI is InChI=1S/C18H23NO6S/c1-22-17(21)13-24-16-6-4-15(5-7-16)23-9-8-19-11-14(20)12-25-18-3-2-10-26-18/h2-7,10,14,19-20H,8-9,11-13H2,1H3. The van der Waals surface area contributed by atoms with E-state index in [1.54, 1.807) is 24.3 Å². The number of ether oxygens (including phenoxy) is 4. The summed E-state index contributed by atoms with van der Waals surface area (Å²) in [7, 11) is 1.31. The van der Waals surface area contributed by atoms with E-state index in [1.807, 2.05) is 17.5 Å². The Morgan fingerprint density at radius 3 is 2.54 bits per heavy atom. The highest BCUT2D eigenvalue weighted by atomic mass is 32.1. The number of hydrogen-bond donors (Lipinski definition) is 2. The van der Waals surface area contributed by atoms with Gasteiger partial charge in [-0.05, 0) is 41.8 Å². The Bertz CT molecular complexity index is 632. The van der Waals surface area contributed by atoms with Crippen molar-refractivity contribution in [3.63, 3.8) is 0 Å². The summed E-state index contributed by atoms with van der Waals surface area (Å²) in [4.78, 5) is 11.0. The lowest BCUT2D eigenvalue weighted by atomic mass is 10.3. The summed E-state index contributed by atoms with van der Waals surface area (Å²) < 4.78 is 20.8. The fourth-order valence-electron chi connectivity index (χ4n) is 1.93. The van der Waals surface area contributed by atoms with Crippen LogP contribution in [0.3, 0.4) is 0 Å². The molecule has 7 nitrogen and oxygen atoms in total. The molecular formula is C18H23NO6S. The smallest absolute Gasteiger partial charge is 0.343 e. The monoisotopic (exact) mass is 381 g/mol. The van der Waals surface area contributed by atoms with Gasteiger partial charge in [-0.15, -0.1) is 11.3 Å². The summed E-state index contributed by atoms with van der Waals surface area (Å²) in [5, 5.41) is 15.7. The molecule has 1 heterocycles. The van der Waals surface area contributed by atoms with Gasteiger partial charge in [0.05, 0.1) is 7.11 Å². The maximum absolute atomic E-state index is 11.0. The number of nitrogens with one attached hydrogen (secondary N) is 1. The molecule has 0 amide bonds. The topological polar surface area (TPSA) is 86.3 Å². The highest BCUT2D eigenvalue weighted by Crippen LogP contribution is 2.18. The predicted molar refractivity (Wildman–Crippen MR) is 98.1 cm³/mol. The van der Waals surface area contributed by atoms with Gasteiger partial charge < -0.3 is 29.4 Å². The van der Waals surface area contributed by atoms with Crippen molar-refractivity contribution in [3.05, 3.63) is 41.8 Å². The molecular weight excluding hydrogens is 358 g/mol. The Morgan fingerprint density at radius 1 is 1.15 bits per heavy atom. The first-order valence-electron chi connectivity index (χ1n) is 8.15. The molecule has 0 aliphatic rings. The maximum Gasteiger partial charge on any atom is 0.343 e. The van der Waals surface area contributed by atoms with E-state index in [1.165, 1.54) is 18.4 Å². The average Bonchev–Trinajstić information content (AvgIpc) is 3.18. The van der Waals surface area contributed by atoms with Crippen LogP contribution in [0.5, 0.6) is 16.6 Å². The molecule has 2 rings (SSSR count). The molecule has 0 saturated heterocycles. The van der Waals surface area contributed by atoms with Gasteiger partial charge in [-0.2, -0.15) is 0 Å². The first-order chi connectivity index (χ1) is 12.7. The fraction of sp³-hybridized carbons (Fsp3) is 0.389. The van der Waals surface area contributed by atoms with Gasteiger partial charge in [-0.1, -0.05) is 0 Å². The molecule has 2 N–H and O–H groups in total. The van der Waals surface area contributed by atoms with E-state index >= 15 is 0 Å². The molecule has 0 fully saturated rings. The van der Waals surface area contributed by atoms with Crippen molar-refractivity contribution < 1.29 is 28.8 Å². The number of methoxy groups -OCH3 is 1. The minimum atomic E-state index is -0.580. The maximum atomic E-state index is 11.0. The fourth-order valence-corrected chi connectivity index (χ4v) is 2.51. The average molecular weight is 381 g/mol. The zero-order valence-corrected chi connectivity index (χ0v) is 15.4. The van der Waals surface area contributed by atoms with E-state index in [0.29, 0.717) is 31.2 Å². The molecule has 1 aromatic carbocycles. The van der Waals surface area contributed by atoms with Crippen LogP contribution in [0.2, 0.25) is 0 Å². The number of aliphatic hydroxyl groups excluding tert-OH is 1. The van der Waals surface area contributed by atoms with Crippen molar-refractivity contribution >= 4 is 17.3 Å². The second-order valence-corrected chi connectivity index (χ2v) is 6.20. The van der Waals surface area contributed by atoms with Gasteiger partial charge in [0.25, 0.3) is 0 Å². The SMILES string of the molecule is COC(=O)COc1ccc(OCCNCC(O)COc2cccs2)cc1. The number of carbonyl (C=O) groups excluding carboxylic acids is 1. The Hall–Kier alpha value is -2.29. The minimum absolute atomic E-state index is 0.126. The molecule has 142 valence electrons. The molecule has 0 spiro atoms. The summed E-state index contributed by atoms with van der Waals surface area (Å²) in [6, 6.07) is 10.7. The summed E-state index contributed by atoms with van der Waals surface area (Å²) in [5.74, 6) is 0.827. The van der Waals surface area contributed by atoms with Crippen molar-refractivity contribution in [2.45, 2.75) is 6.10 Å². The third-order valence-electron chi connectivity index (χ3n) is 3.25. The molecule has 8 heteroatoms. The Kier molecular flexibility index (Phi) is 8.74. The summed E-state index contributed by atoms with van der Waals surface area (Å²) in [5.41, 5.74) is 0. The van der Waals surface area contributed by atoms with Crippen molar-refractivity contribution in [3.8, 4) is 16.6 Å². The highest BCUT2D eigenvalue weighted by molar-refractivity contribution is 7.11. The van der Waals surface area contributed by atoms with Gasteiger partial charge in [-0.3, -0.25) is 0 Å². The molecule has 0 saturated carbocycles. The lowest BCUT2D eigenvalue weighted by molar-refractivity contribution is -0.142. The van der Waals surface area contributed by atoms with E-state index in [0.717, 1.165) is 5.06 Å². The van der Waals surface area contributed by atoms with E-state index in [4.69, 9.17) is 14.2 Å². The van der Waals surface area contributed by atoms with Crippen LogP contribution in [-0.4, -0.2) is 57.2 Å². The van der Waals surface area contributed by atoms with Gasteiger partial charge >= 0.3 is 5.97 Å². The normalized spacial score (nSPS) is 11.6. The van der Waals surface area contributed by atoms with E-state index in [9.17, 15) is 9.90 Å². The van der Waals surface area contributed by atoms with Crippen LogP contribution in [0.15, 0.2) is 41.8 Å². The zero-order valence-electron chi connectivity index (χ0n) is 14.6. The third kappa shape index (κ3) is 7.73. The van der Waals surface area contributed by atoms with Gasteiger partial charge in [-0.25, -0.2) is 4.79 Å². The highest BCUT2D eigenvalue weighted by Gasteiger charge is 2.05. The zero-order chi connectivity index (χ0) is 18.6. The molecule has 0 bridgehead atoms. The Labute approximate surface area is 156 Å². The number of benzene rings is 1. The van der Waals surface area contributed by atoms with E-state index in [2.05, 4.69) is 10.1 Å². The number of carbonyl (C=O) groups is 1. The van der Waals surface area contributed by atoms with Crippen LogP contribution in [0.1, 0.15) is 0 Å². The van der Waals surface area contributed by atoms with Gasteiger partial charge in [0.15, 0.2) is 11.7 Å². The molecule has 1 unspecified atom stereocenters. The molecule has 1 atom stereocenters. The van der Waals surface area contributed by atoms with E-state index in [-0.39, 0.29) is 13.2 Å². The summed E-state index contributed by atoms with van der Waals surface area (Å²) in [6.45, 7) is 1.60. The molecule has 0 aliphatic heterocycles. The second kappa shape index (κ2) is 11.3. The Balaban J connectivity index is 1.54. The number of esters is 1. The van der Waals surface area contributed by atoms with Crippen molar-refractivity contribution in [1.82, 2.24) is 5.32 Å².